The fraction of sp³-hybridized carbons (Fsp3) is 0.692. The Morgan fingerprint density at radius 3 is 2.80 bits per heavy atom. The van der Waals surface area contributed by atoms with Crippen LogP contribution >= 0.6 is 11.5 Å². The molecule has 1 aromatic rings. The molecule has 1 unspecified atom stereocenters. The predicted octanol–water partition coefficient (Wildman–Crippen LogP) is 1.76. The standard InChI is InChI=1S/C13H21N3O3S/c1-8(9-4-5-9)16(6-7-18-2)12-10(13(17)19-3)11(14)15-20-12/h8-9H,4-7H2,1-3H3,(H2,14,15). The third kappa shape index (κ3) is 3.04. The summed E-state index contributed by atoms with van der Waals surface area (Å²) in [5.41, 5.74) is 6.19. The maximum Gasteiger partial charge on any atom is 0.344 e. The van der Waals surface area contributed by atoms with E-state index in [-0.39, 0.29) is 5.82 Å². The molecule has 0 aliphatic heterocycles. The molecule has 1 atom stereocenters. The van der Waals surface area contributed by atoms with Gasteiger partial charge in [-0.25, -0.2) is 4.79 Å². The number of rotatable bonds is 7. The Labute approximate surface area is 123 Å². The molecular weight excluding hydrogens is 278 g/mol. The zero-order valence-electron chi connectivity index (χ0n) is 12.1. The van der Waals surface area contributed by atoms with Gasteiger partial charge in [0, 0.05) is 19.7 Å². The van der Waals surface area contributed by atoms with Crippen molar-refractivity contribution in [2.45, 2.75) is 25.8 Å². The zero-order chi connectivity index (χ0) is 14.7. The van der Waals surface area contributed by atoms with Gasteiger partial charge in [-0.3, -0.25) is 0 Å². The van der Waals surface area contributed by atoms with Crippen molar-refractivity contribution in [3.8, 4) is 0 Å². The van der Waals surface area contributed by atoms with Gasteiger partial charge in [-0.15, -0.1) is 0 Å². The van der Waals surface area contributed by atoms with Gasteiger partial charge in [0.15, 0.2) is 5.82 Å². The first-order chi connectivity index (χ1) is 9.60. The Kier molecular flexibility index (Phi) is 4.82. The van der Waals surface area contributed by atoms with E-state index in [1.54, 1.807) is 7.11 Å². The van der Waals surface area contributed by atoms with E-state index in [9.17, 15) is 4.79 Å². The Balaban J connectivity index is 2.29. The van der Waals surface area contributed by atoms with Gasteiger partial charge in [0.2, 0.25) is 0 Å². The van der Waals surface area contributed by atoms with Crippen molar-refractivity contribution >= 4 is 28.3 Å². The van der Waals surface area contributed by atoms with Crippen LogP contribution in [0.1, 0.15) is 30.1 Å². The minimum absolute atomic E-state index is 0.238. The molecule has 1 heterocycles. The molecule has 7 heteroatoms. The summed E-state index contributed by atoms with van der Waals surface area (Å²) < 4.78 is 14.1. The van der Waals surface area contributed by atoms with Crippen molar-refractivity contribution in [3.63, 3.8) is 0 Å². The van der Waals surface area contributed by atoms with Gasteiger partial charge in [-0.05, 0) is 37.2 Å². The minimum atomic E-state index is -0.434. The summed E-state index contributed by atoms with van der Waals surface area (Å²) in [6, 6.07) is 0.341. The van der Waals surface area contributed by atoms with Gasteiger partial charge in [-0.2, -0.15) is 4.37 Å². The molecule has 6 nitrogen and oxygen atoms in total. The van der Waals surface area contributed by atoms with Crippen LogP contribution in [0.15, 0.2) is 0 Å². The van der Waals surface area contributed by atoms with Crippen LogP contribution in [-0.2, 0) is 9.47 Å². The summed E-state index contributed by atoms with van der Waals surface area (Å²) in [7, 11) is 3.02. The number of esters is 1. The highest BCUT2D eigenvalue weighted by molar-refractivity contribution is 7.11. The lowest BCUT2D eigenvalue weighted by Crippen LogP contribution is -2.37. The molecule has 2 N–H and O–H groups in total. The number of nitrogen functional groups attached to an aromatic ring is 1. The first-order valence-electron chi connectivity index (χ1n) is 6.69. The first-order valence-corrected chi connectivity index (χ1v) is 7.46. The molecule has 1 aromatic heterocycles. The number of carbonyl (C=O) groups is 1. The van der Waals surface area contributed by atoms with Crippen LogP contribution in [0, 0.1) is 5.92 Å². The minimum Gasteiger partial charge on any atom is -0.465 e. The number of methoxy groups -OCH3 is 2. The van der Waals surface area contributed by atoms with Crippen LogP contribution in [0.2, 0.25) is 0 Å². The molecule has 0 spiro atoms. The highest BCUT2D eigenvalue weighted by Crippen LogP contribution is 2.40. The Hall–Kier alpha value is -1.34. The summed E-state index contributed by atoms with van der Waals surface area (Å²) in [6.45, 7) is 3.47. The lowest BCUT2D eigenvalue weighted by atomic mass is 10.1. The van der Waals surface area contributed by atoms with Crippen molar-refractivity contribution < 1.29 is 14.3 Å². The second-order valence-corrected chi connectivity index (χ2v) is 5.76. The van der Waals surface area contributed by atoms with E-state index in [0.717, 1.165) is 5.00 Å². The van der Waals surface area contributed by atoms with E-state index in [2.05, 4.69) is 16.2 Å². The monoisotopic (exact) mass is 299 g/mol. The number of aromatic nitrogens is 1. The summed E-state index contributed by atoms with van der Waals surface area (Å²) >= 11 is 1.25. The molecule has 20 heavy (non-hydrogen) atoms. The number of hydrogen-bond donors (Lipinski definition) is 1. The molecule has 1 fully saturated rings. The van der Waals surface area contributed by atoms with E-state index in [1.165, 1.54) is 31.5 Å². The maximum atomic E-state index is 11.9. The normalized spacial score (nSPS) is 15.9. The lowest BCUT2D eigenvalue weighted by Gasteiger charge is -2.30. The molecule has 0 radical (unpaired) electrons. The molecule has 0 amide bonds. The van der Waals surface area contributed by atoms with E-state index >= 15 is 0 Å². The molecular formula is C13H21N3O3S. The molecule has 112 valence electrons. The van der Waals surface area contributed by atoms with Crippen molar-refractivity contribution in [1.29, 1.82) is 0 Å². The Bertz CT molecular complexity index is 473. The average molecular weight is 299 g/mol. The third-order valence-corrected chi connectivity index (χ3v) is 4.58. The van der Waals surface area contributed by atoms with Crippen LogP contribution in [0.4, 0.5) is 10.8 Å². The van der Waals surface area contributed by atoms with Crippen molar-refractivity contribution in [3.05, 3.63) is 5.56 Å². The summed E-state index contributed by atoms with van der Waals surface area (Å²) in [4.78, 5) is 14.1. The van der Waals surface area contributed by atoms with Crippen LogP contribution in [0.3, 0.4) is 0 Å². The second-order valence-electron chi connectivity index (χ2n) is 5.00. The smallest absolute Gasteiger partial charge is 0.344 e. The van der Waals surface area contributed by atoms with Crippen LogP contribution in [0.25, 0.3) is 0 Å². The zero-order valence-corrected chi connectivity index (χ0v) is 12.9. The van der Waals surface area contributed by atoms with E-state index in [0.29, 0.717) is 30.7 Å². The second kappa shape index (κ2) is 6.41. The largest absolute Gasteiger partial charge is 0.465 e. The fourth-order valence-corrected chi connectivity index (χ4v) is 3.21. The number of carbonyl (C=O) groups excluding carboxylic acids is 1. The molecule has 0 bridgehead atoms. The van der Waals surface area contributed by atoms with Crippen LogP contribution in [-0.4, -0.2) is 43.8 Å². The van der Waals surface area contributed by atoms with Crippen molar-refractivity contribution in [1.82, 2.24) is 4.37 Å². The van der Waals surface area contributed by atoms with Crippen LogP contribution < -0.4 is 10.6 Å². The Morgan fingerprint density at radius 2 is 2.25 bits per heavy atom. The van der Waals surface area contributed by atoms with Gasteiger partial charge in [0.25, 0.3) is 0 Å². The Morgan fingerprint density at radius 1 is 1.55 bits per heavy atom. The number of hydrogen-bond acceptors (Lipinski definition) is 7. The van der Waals surface area contributed by atoms with Crippen molar-refractivity contribution in [2.24, 2.45) is 5.92 Å². The van der Waals surface area contributed by atoms with Gasteiger partial charge >= 0.3 is 5.97 Å². The molecule has 0 aromatic carbocycles. The topological polar surface area (TPSA) is 77.7 Å². The number of nitrogens with zero attached hydrogens (tertiary/aromatic N) is 2. The van der Waals surface area contributed by atoms with E-state index < -0.39 is 5.97 Å². The molecule has 1 aliphatic carbocycles. The highest BCUT2D eigenvalue weighted by Gasteiger charge is 2.35. The predicted molar refractivity (Wildman–Crippen MR) is 79.3 cm³/mol. The maximum absolute atomic E-state index is 11.9. The van der Waals surface area contributed by atoms with Crippen LogP contribution in [0.5, 0.6) is 0 Å². The quantitative estimate of drug-likeness (QED) is 0.773. The van der Waals surface area contributed by atoms with E-state index in [4.69, 9.17) is 15.2 Å². The highest BCUT2D eigenvalue weighted by atomic mass is 32.1. The average Bonchev–Trinajstić information content (AvgIpc) is 3.22. The first kappa shape index (κ1) is 15.1. The van der Waals surface area contributed by atoms with Crippen molar-refractivity contribution in [2.75, 3.05) is 38.0 Å². The summed E-state index contributed by atoms with van der Waals surface area (Å²) in [5.74, 6) is 0.472. The van der Waals surface area contributed by atoms with Gasteiger partial charge in [0.1, 0.15) is 10.6 Å². The molecule has 0 saturated heterocycles. The SMILES string of the molecule is COCCN(c1snc(N)c1C(=O)OC)C(C)C1CC1. The van der Waals surface area contributed by atoms with Gasteiger partial charge < -0.3 is 20.1 Å². The van der Waals surface area contributed by atoms with Gasteiger partial charge in [0.05, 0.1) is 13.7 Å². The molecule has 1 aliphatic rings. The third-order valence-electron chi connectivity index (χ3n) is 3.68. The lowest BCUT2D eigenvalue weighted by molar-refractivity contribution is 0.0602. The fourth-order valence-electron chi connectivity index (χ4n) is 2.30. The summed E-state index contributed by atoms with van der Waals surface area (Å²) in [6.07, 6.45) is 2.46. The van der Waals surface area contributed by atoms with E-state index in [1.807, 2.05) is 0 Å². The molecule has 2 rings (SSSR count). The van der Waals surface area contributed by atoms with Gasteiger partial charge in [-0.1, -0.05) is 0 Å². The molecule has 1 saturated carbocycles. The summed E-state index contributed by atoms with van der Waals surface area (Å²) in [5, 5.41) is 0.783. The number of nitrogens with two attached hydrogens (primary N) is 1. The number of anilines is 2. The number of ether oxygens (including phenoxy) is 2.